The molecule has 28 heavy (non-hydrogen) atoms. The molecule has 0 bridgehead atoms. The smallest absolute Gasteiger partial charge is 0.408 e. The topological polar surface area (TPSA) is 93.2 Å². The number of amides is 2. The van der Waals surface area contributed by atoms with E-state index in [4.69, 9.17) is 4.74 Å². The summed E-state index contributed by atoms with van der Waals surface area (Å²) in [6, 6.07) is 2.80. The van der Waals surface area contributed by atoms with Gasteiger partial charge in [0.25, 0.3) is 0 Å². The fourth-order valence-electron chi connectivity index (χ4n) is 2.48. The standard InChI is InChI=1S/C20H28N4O3S/c1-12(2)16(24-19(26)27-20(4,5)6)17(25)22-13(3)18-23-15(11-28-18)14-7-9-21-10-8-14/h7-13,16H,1-6H3,(H,22,25)(H,24,26). The van der Waals surface area contributed by atoms with Crippen LogP contribution in [0.25, 0.3) is 11.3 Å². The molecule has 0 radical (unpaired) electrons. The Morgan fingerprint density at radius 2 is 1.75 bits per heavy atom. The second kappa shape index (κ2) is 9.14. The molecule has 0 aliphatic carbocycles. The second-order valence-corrected chi connectivity index (χ2v) is 8.79. The number of carbonyl (C=O) groups excluding carboxylic acids is 2. The van der Waals surface area contributed by atoms with Crippen molar-refractivity contribution in [3.63, 3.8) is 0 Å². The molecule has 2 heterocycles. The van der Waals surface area contributed by atoms with Crippen molar-refractivity contribution in [1.29, 1.82) is 0 Å². The van der Waals surface area contributed by atoms with Crippen LogP contribution in [-0.4, -0.2) is 33.6 Å². The summed E-state index contributed by atoms with van der Waals surface area (Å²) in [5, 5.41) is 8.34. The molecule has 2 rings (SSSR count). The van der Waals surface area contributed by atoms with E-state index in [1.54, 1.807) is 33.2 Å². The highest BCUT2D eigenvalue weighted by Crippen LogP contribution is 2.25. The van der Waals surface area contributed by atoms with Gasteiger partial charge in [-0.05, 0) is 45.7 Å². The second-order valence-electron chi connectivity index (χ2n) is 7.91. The van der Waals surface area contributed by atoms with Crippen LogP contribution in [-0.2, 0) is 9.53 Å². The van der Waals surface area contributed by atoms with Crippen molar-refractivity contribution in [2.24, 2.45) is 5.92 Å². The maximum absolute atomic E-state index is 12.7. The van der Waals surface area contributed by atoms with E-state index in [9.17, 15) is 9.59 Å². The molecular weight excluding hydrogens is 376 g/mol. The third kappa shape index (κ3) is 6.30. The van der Waals surface area contributed by atoms with E-state index in [2.05, 4.69) is 20.6 Å². The molecule has 8 heteroatoms. The SMILES string of the molecule is CC(NC(=O)C(NC(=O)OC(C)(C)C)C(C)C)c1nc(-c2ccncc2)cs1. The summed E-state index contributed by atoms with van der Waals surface area (Å²) in [7, 11) is 0. The van der Waals surface area contributed by atoms with E-state index in [-0.39, 0.29) is 17.9 Å². The van der Waals surface area contributed by atoms with Gasteiger partial charge < -0.3 is 15.4 Å². The lowest BCUT2D eigenvalue weighted by Gasteiger charge is -2.26. The number of carbonyl (C=O) groups is 2. The Labute approximate surface area is 169 Å². The van der Waals surface area contributed by atoms with Gasteiger partial charge >= 0.3 is 6.09 Å². The van der Waals surface area contributed by atoms with Gasteiger partial charge in [0.15, 0.2) is 0 Å². The zero-order valence-corrected chi connectivity index (χ0v) is 18.0. The number of nitrogens with one attached hydrogen (secondary N) is 2. The number of ether oxygens (including phenoxy) is 1. The van der Waals surface area contributed by atoms with Crippen molar-refractivity contribution in [2.45, 2.75) is 59.2 Å². The molecule has 2 atom stereocenters. The van der Waals surface area contributed by atoms with Crippen LogP contribution in [0, 0.1) is 5.92 Å². The van der Waals surface area contributed by atoms with Crippen molar-refractivity contribution < 1.29 is 14.3 Å². The van der Waals surface area contributed by atoms with Crippen LogP contribution in [0.15, 0.2) is 29.9 Å². The summed E-state index contributed by atoms with van der Waals surface area (Å²) < 4.78 is 5.27. The molecule has 0 aliphatic rings. The number of pyridine rings is 1. The highest BCUT2D eigenvalue weighted by Gasteiger charge is 2.28. The number of rotatable bonds is 6. The van der Waals surface area contributed by atoms with Crippen molar-refractivity contribution >= 4 is 23.3 Å². The molecule has 2 N–H and O–H groups in total. The average molecular weight is 405 g/mol. The highest BCUT2D eigenvalue weighted by molar-refractivity contribution is 7.10. The summed E-state index contributed by atoms with van der Waals surface area (Å²) in [6.45, 7) is 11.0. The Balaban J connectivity index is 2.03. The number of hydrogen-bond donors (Lipinski definition) is 2. The zero-order valence-electron chi connectivity index (χ0n) is 17.1. The molecule has 0 aromatic carbocycles. The third-order valence-electron chi connectivity index (χ3n) is 3.85. The van der Waals surface area contributed by atoms with Crippen molar-refractivity contribution in [1.82, 2.24) is 20.6 Å². The molecule has 0 saturated heterocycles. The van der Waals surface area contributed by atoms with Gasteiger partial charge in [-0.3, -0.25) is 9.78 Å². The monoisotopic (exact) mass is 404 g/mol. The lowest BCUT2D eigenvalue weighted by molar-refractivity contribution is -0.124. The van der Waals surface area contributed by atoms with Crippen molar-refractivity contribution in [3.8, 4) is 11.3 Å². The van der Waals surface area contributed by atoms with Crippen LogP contribution in [0.1, 0.15) is 52.6 Å². The van der Waals surface area contributed by atoms with Gasteiger partial charge in [0.2, 0.25) is 5.91 Å². The van der Waals surface area contributed by atoms with Gasteiger partial charge in [-0.2, -0.15) is 0 Å². The number of nitrogens with zero attached hydrogens (tertiary/aromatic N) is 2. The first-order valence-electron chi connectivity index (χ1n) is 9.22. The average Bonchev–Trinajstić information content (AvgIpc) is 3.09. The molecule has 2 aromatic rings. The minimum atomic E-state index is -0.697. The van der Waals surface area contributed by atoms with Crippen LogP contribution >= 0.6 is 11.3 Å². The summed E-state index contributed by atoms with van der Waals surface area (Å²) >= 11 is 1.48. The van der Waals surface area contributed by atoms with Gasteiger partial charge in [0, 0.05) is 23.3 Å². The van der Waals surface area contributed by atoms with E-state index in [1.807, 2.05) is 38.3 Å². The van der Waals surface area contributed by atoms with Crippen LogP contribution in [0.2, 0.25) is 0 Å². The predicted molar refractivity (Wildman–Crippen MR) is 110 cm³/mol. The molecule has 2 amide bonds. The highest BCUT2D eigenvalue weighted by atomic mass is 32.1. The normalized spacial score (nSPS) is 13.7. The number of hydrogen-bond acceptors (Lipinski definition) is 6. The zero-order chi connectivity index (χ0) is 20.9. The molecule has 0 spiro atoms. The third-order valence-corrected chi connectivity index (χ3v) is 4.88. The molecule has 2 unspecified atom stereocenters. The summed E-state index contributed by atoms with van der Waals surface area (Å²) in [4.78, 5) is 33.4. The lowest BCUT2D eigenvalue weighted by atomic mass is 10.0. The van der Waals surface area contributed by atoms with Crippen molar-refractivity contribution in [2.75, 3.05) is 0 Å². The molecule has 2 aromatic heterocycles. The van der Waals surface area contributed by atoms with Gasteiger partial charge in [-0.1, -0.05) is 13.8 Å². The minimum Gasteiger partial charge on any atom is -0.444 e. The summed E-state index contributed by atoms with van der Waals surface area (Å²) in [5.74, 6) is -0.364. The number of alkyl carbamates (subject to hydrolysis) is 1. The maximum atomic E-state index is 12.7. The first-order chi connectivity index (χ1) is 13.1. The maximum Gasteiger partial charge on any atom is 0.408 e. The molecule has 152 valence electrons. The molecule has 0 saturated carbocycles. The van der Waals surface area contributed by atoms with Crippen LogP contribution in [0.4, 0.5) is 4.79 Å². The number of thiazole rings is 1. The Bertz CT molecular complexity index is 799. The minimum absolute atomic E-state index is 0.0941. The van der Waals surface area contributed by atoms with Gasteiger partial charge in [-0.25, -0.2) is 9.78 Å². The van der Waals surface area contributed by atoms with Gasteiger partial charge in [0.1, 0.15) is 16.7 Å². The van der Waals surface area contributed by atoms with Gasteiger partial charge in [-0.15, -0.1) is 11.3 Å². The Hall–Kier alpha value is -2.48. The van der Waals surface area contributed by atoms with E-state index in [1.165, 1.54) is 11.3 Å². The van der Waals surface area contributed by atoms with Crippen LogP contribution in [0.5, 0.6) is 0 Å². The summed E-state index contributed by atoms with van der Waals surface area (Å²) in [5.41, 5.74) is 1.19. The van der Waals surface area contributed by atoms with E-state index >= 15 is 0 Å². The van der Waals surface area contributed by atoms with E-state index in [0.717, 1.165) is 16.3 Å². The Morgan fingerprint density at radius 3 is 2.32 bits per heavy atom. The van der Waals surface area contributed by atoms with E-state index in [0.29, 0.717) is 0 Å². The quantitative estimate of drug-likeness (QED) is 0.761. The Morgan fingerprint density at radius 1 is 1.11 bits per heavy atom. The predicted octanol–water partition coefficient (Wildman–Crippen LogP) is 3.93. The lowest BCUT2D eigenvalue weighted by Crippen LogP contribution is -2.51. The Kier molecular flexibility index (Phi) is 7.12. The molecular formula is C20H28N4O3S. The van der Waals surface area contributed by atoms with E-state index < -0.39 is 17.7 Å². The fourth-order valence-corrected chi connectivity index (χ4v) is 3.31. The summed E-state index contributed by atoms with van der Waals surface area (Å²) in [6.07, 6.45) is 2.83. The van der Waals surface area contributed by atoms with Crippen LogP contribution in [0.3, 0.4) is 0 Å². The fraction of sp³-hybridized carbons (Fsp3) is 0.500. The molecule has 7 nitrogen and oxygen atoms in total. The largest absolute Gasteiger partial charge is 0.444 e. The van der Waals surface area contributed by atoms with Crippen molar-refractivity contribution in [3.05, 3.63) is 34.9 Å². The van der Waals surface area contributed by atoms with Gasteiger partial charge in [0.05, 0.1) is 11.7 Å². The molecule has 0 fully saturated rings. The molecule has 0 aliphatic heterocycles. The first-order valence-corrected chi connectivity index (χ1v) is 10.1. The first kappa shape index (κ1) is 21.8. The number of aromatic nitrogens is 2. The van der Waals surface area contributed by atoms with Crippen LogP contribution < -0.4 is 10.6 Å².